The zero-order valence-corrected chi connectivity index (χ0v) is 11.5. The Morgan fingerprint density at radius 3 is 3.00 bits per heavy atom. The first kappa shape index (κ1) is 11.9. The number of nitrogens with one attached hydrogen (secondary N) is 1. The molecular formula is C17H19N3. The van der Waals surface area contributed by atoms with Gasteiger partial charge >= 0.3 is 0 Å². The third-order valence-corrected chi connectivity index (χ3v) is 4.15. The van der Waals surface area contributed by atoms with Crippen molar-refractivity contribution >= 4 is 11.4 Å². The van der Waals surface area contributed by atoms with Crippen LogP contribution in [0.1, 0.15) is 24.1 Å². The first-order chi connectivity index (χ1) is 9.90. The fourth-order valence-corrected chi connectivity index (χ4v) is 2.87. The predicted octanol–water partition coefficient (Wildman–Crippen LogP) is 3.03. The van der Waals surface area contributed by atoms with E-state index in [2.05, 4.69) is 51.6 Å². The molecule has 0 bridgehead atoms. The normalized spacial score (nSPS) is 17.3. The quantitative estimate of drug-likeness (QED) is 0.921. The van der Waals surface area contributed by atoms with Gasteiger partial charge < -0.3 is 10.2 Å². The van der Waals surface area contributed by atoms with Gasteiger partial charge in [-0.1, -0.05) is 18.2 Å². The molecule has 0 saturated heterocycles. The van der Waals surface area contributed by atoms with Gasteiger partial charge in [0.1, 0.15) is 0 Å². The zero-order chi connectivity index (χ0) is 13.4. The molecule has 2 aromatic rings. The van der Waals surface area contributed by atoms with E-state index in [1.807, 2.05) is 6.20 Å². The van der Waals surface area contributed by atoms with Crippen LogP contribution < -0.4 is 10.2 Å². The molecule has 0 amide bonds. The highest BCUT2D eigenvalue weighted by Gasteiger charge is 2.21. The number of aromatic nitrogens is 1. The Hall–Kier alpha value is -1.87. The van der Waals surface area contributed by atoms with Gasteiger partial charge in [0.2, 0.25) is 0 Å². The molecule has 0 unspecified atom stereocenters. The van der Waals surface area contributed by atoms with E-state index in [9.17, 15) is 0 Å². The van der Waals surface area contributed by atoms with Gasteiger partial charge in [-0.05, 0) is 43.0 Å². The van der Waals surface area contributed by atoms with Crippen molar-refractivity contribution in [1.82, 2.24) is 10.3 Å². The molecule has 20 heavy (non-hydrogen) atoms. The highest BCUT2D eigenvalue weighted by Crippen LogP contribution is 2.34. The van der Waals surface area contributed by atoms with Crippen LogP contribution in [0.15, 0.2) is 42.6 Å². The van der Waals surface area contributed by atoms with Crippen LogP contribution in [-0.2, 0) is 13.0 Å². The van der Waals surface area contributed by atoms with Gasteiger partial charge in [-0.25, -0.2) is 0 Å². The number of pyridine rings is 1. The Bertz CT molecular complexity index is 619. The van der Waals surface area contributed by atoms with Crippen molar-refractivity contribution in [3.8, 4) is 0 Å². The van der Waals surface area contributed by atoms with Crippen molar-refractivity contribution in [3.63, 3.8) is 0 Å². The second-order valence-corrected chi connectivity index (χ2v) is 5.69. The van der Waals surface area contributed by atoms with Crippen molar-refractivity contribution in [3.05, 3.63) is 53.9 Å². The molecule has 1 aliphatic carbocycles. The van der Waals surface area contributed by atoms with Crippen LogP contribution in [0.2, 0.25) is 0 Å². The molecule has 1 aromatic heterocycles. The Balaban J connectivity index is 1.57. The van der Waals surface area contributed by atoms with Crippen LogP contribution in [0.3, 0.4) is 0 Å². The Labute approximate surface area is 119 Å². The lowest BCUT2D eigenvalue weighted by atomic mass is 10.2. The number of benzene rings is 1. The minimum Gasteiger partial charge on any atom is -0.341 e. The lowest BCUT2D eigenvalue weighted by Gasteiger charge is -2.20. The molecule has 4 rings (SSSR count). The van der Waals surface area contributed by atoms with Gasteiger partial charge in [0.15, 0.2) is 0 Å². The lowest BCUT2D eigenvalue weighted by molar-refractivity contribution is 0.674. The molecule has 3 nitrogen and oxygen atoms in total. The second-order valence-electron chi connectivity index (χ2n) is 5.69. The summed E-state index contributed by atoms with van der Waals surface area (Å²) in [5, 5.41) is 3.53. The molecule has 1 aromatic carbocycles. The lowest BCUT2D eigenvalue weighted by Crippen LogP contribution is -2.17. The summed E-state index contributed by atoms with van der Waals surface area (Å²) in [7, 11) is 0. The Morgan fingerprint density at radius 1 is 1.20 bits per heavy atom. The van der Waals surface area contributed by atoms with E-state index in [1.165, 1.54) is 29.8 Å². The van der Waals surface area contributed by atoms with Crippen LogP contribution in [0, 0.1) is 0 Å². The minimum absolute atomic E-state index is 0.730. The van der Waals surface area contributed by atoms with Gasteiger partial charge in [-0.15, -0.1) is 0 Å². The largest absolute Gasteiger partial charge is 0.341 e. The summed E-state index contributed by atoms with van der Waals surface area (Å²) >= 11 is 0. The van der Waals surface area contributed by atoms with E-state index in [4.69, 9.17) is 0 Å². The summed E-state index contributed by atoms with van der Waals surface area (Å²) in [5.41, 5.74) is 5.19. The second kappa shape index (κ2) is 4.91. The molecule has 1 N–H and O–H groups in total. The van der Waals surface area contributed by atoms with Gasteiger partial charge in [-0.2, -0.15) is 0 Å². The van der Waals surface area contributed by atoms with Crippen molar-refractivity contribution < 1.29 is 0 Å². The molecule has 1 aliphatic heterocycles. The minimum atomic E-state index is 0.730. The summed E-state index contributed by atoms with van der Waals surface area (Å²) in [6, 6.07) is 13.7. The molecule has 102 valence electrons. The van der Waals surface area contributed by atoms with Gasteiger partial charge in [-0.3, -0.25) is 4.98 Å². The van der Waals surface area contributed by atoms with Crippen molar-refractivity contribution in [2.24, 2.45) is 0 Å². The molecule has 0 atom stereocenters. The van der Waals surface area contributed by atoms with E-state index < -0.39 is 0 Å². The fourth-order valence-electron chi connectivity index (χ4n) is 2.87. The number of rotatable bonds is 4. The molecule has 2 aliphatic rings. The molecule has 3 heteroatoms. The van der Waals surface area contributed by atoms with Crippen molar-refractivity contribution in [1.29, 1.82) is 0 Å². The summed E-state index contributed by atoms with van der Waals surface area (Å²) in [6.45, 7) is 1.95. The average Bonchev–Trinajstić information content (AvgIpc) is 3.23. The molecule has 2 heterocycles. The average molecular weight is 265 g/mol. The monoisotopic (exact) mass is 265 g/mol. The molecule has 0 radical (unpaired) electrons. The van der Waals surface area contributed by atoms with Crippen LogP contribution in [-0.4, -0.2) is 17.6 Å². The van der Waals surface area contributed by atoms with Crippen LogP contribution in [0.5, 0.6) is 0 Å². The van der Waals surface area contributed by atoms with E-state index in [0.717, 1.165) is 31.2 Å². The maximum Gasteiger partial charge on any atom is 0.0562 e. The fraction of sp³-hybridized carbons (Fsp3) is 0.353. The Morgan fingerprint density at radius 2 is 2.10 bits per heavy atom. The number of anilines is 2. The first-order valence-electron chi connectivity index (χ1n) is 7.44. The molecule has 1 fully saturated rings. The van der Waals surface area contributed by atoms with E-state index in [0.29, 0.717) is 0 Å². The highest BCUT2D eigenvalue weighted by molar-refractivity contribution is 5.69. The van der Waals surface area contributed by atoms with Crippen LogP contribution in [0.25, 0.3) is 0 Å². The number of hydrogen-bond acceptors (Lipinski definition) is 3. The maximum absolute atomic E-state index is 4.48. The molecule has 0 spiro atoms. The first-order valence-corrected chi connectivity index (χ1v) is 7.44. The number of hydrogen-bond donors (Lipinski definition) is 1. The summed E-state index contributed by atoms with van der Waals surface area (Å²) in [5.74, 6) is 0. The van der Waals surface area contributed by atoms with Gasteiger partial charge in [0.25, 0.3) is 0 Å². The van der Waals surface area contributed by atoms with Crippen LogP contribution >= 0.6 is 0 Å². The number of fused-ring (bicyclic) bond motifs is 1. The maximum atomic E-state index is 4.48. The third kappa shape index (κ3) is 2.29. The molecular weight excluding hydrogens is 246 g/mol. The highest BCUT2D eigenvalue weighted by atomic mass is 15.2. The van der Waals surface area contributed by atoms with Gasteiger partial charge in [0.05, 0.1) is 5.69 Å². The topological polar surface area (TPSA) is 28.2 Å². The van der Waals surface area contributed by atoms with Crippen molar-refractivity contribution in [2.75, 3.05) is 11.4 Å². The summed E-state index contributed by atoms with van der Waals surface area (Å²) in [6.07, 6.45) is 5.70. The smallest absolute Gasteiger partial charge is 0.0562 e. The van der Waals surface area contributed by atoms with E-state index in [-0.39, 0.29) is 0 Å². The molecule has 1 saturated carbocycles. The zero-order valence-electron chi connectivity index (χ0n) is 11.5. The SMILES string of the molecule is c1ccc2c(c1)CCN2c1ccnc(CNC2CC2)c1. The number of para-hydroxylation sites is 1. The van der Waals surface area contributed by atoms with Gasteiger partial charge in [0, 0.05) is 36.7 Å². The Kier molecular flexibility index (Phi) is 2.92. The van der Waals surface area contributed by atoms with E-state index in [1.54, 1.807) is 0 Å². The van der Waals surface area contributed by atoms with E-state index >= 15 is 0 Å². The van der Waals surface area contributed by atoms with Crippen LogP contribution in [0.4, 0.5) is 11.4 Å². The third-order valence-electron chi connectivity index (χ3n) is 4.15. The standard InChI is InChI=1S/C17H19N3/c1-2-4-17-13(3-1)8-10-20(17)16-7-9-18-15(11-16)12-19-14-5-6-14/h1-4,7,9,11,14,19H,5-6,8,10,12H2. The van der Waals surface area contributed by atoms with Crippen molar-refractivity contribution in [2.45, 2.75) is 31.8 Å². The summed E-state index contributed by atoms with van der Waals surface area (Å²) < 4.78 is 0. The number of nitrogens with zero attached hydrogens (tertiary/aromatic N) is 2. The predicted molar refractivity (Wildman–Crippen MR) is 81.3 cm³/mol. The summed E-state index contributed by atoms with van der Waals surface area (Å²) in [4.78, 5) is 6.88.